The molecule has 2 aliphatic heterocycles. The Balaban J connectivity index is 1.61. The average Bonchev–Trinajstić information content (AvgIpc) is 2.86. The molecule has 2 aliphatic rings. The predicted molar refractivity (Wildman–Crippen MR) is 81.5 cm³/mol. The van der Waals surface area contributed by atoms with Crippen LogP contribution in [0.3, 0.4) is 0 Å². The fourth-order valence-corrected chi connectivity index (χ4v) is 2.89. The summed E-state index contributed by atoms with van der Waals surface area (Å²) in [6, 6.07) is 5.71. The smallest absolute Gasteiger partial charge is 0.251 e. The number of carbonyl (C=O) groups excluding carboxylic acids is 2. The van der Waals surface area contributed by atoms with E-state index in [1.807, 2.05) is 25.1 Å². The number of amides is 2. The average molecular weight is 301 g/mol. The molecule has 0 spiro atoms. The Labute approximate surface area is 128 Å². The molecule has 0 radical (unpaired) electrons. The van der Waals surface area contributed by atoms with Crippen molar-refractivity contribution >= 4 is 17.5 Å². The van der Waals surface area contributed by atoms with Crippen molar-refractivity contribution in [2.75, 3.05) is 13.2 Å². The Morgan fingerprint density at radius 1 is 1.50 bits per heavy atom. The summed E-state index contributed by atoms with van der Waals surface area (Å²) in [5.41, 5.74) is 6.09. The van der Waals surface area contributed by atoms with E-state index in [9.17, 15) is 9.59 Å². The van der Waals surface area contributed by atoms with Crippen LogP contribution in [-0.4, -0.2) is 30.7 Å². The van der Waals surface area contributed by atoms with Crippen molar-refractivity contribution < 1.29 is 14.3 Å². The first-order valence-electron chi connectivity index (χ1n) is 7.47. The first kappa shape index (κ1) is 14.7. The molecule has 0 fully saturated rings. The third kappa shape index (κ3) is 2.87. The van der Waals surface area contributed by atoms with E-state index in [0.29, 0.717) is 31.7 Å². The van der Waals surface area contributed by atoms with Gasteiger partial charge in [0, 0.05) is 17.8 Å². The summed E-state index contributed by atoms with van der Waals surface area (Å²) >= 11 is 0. The minimum Gasteiger partial charge on any atom is -0.376 e. The van der Waals surface area contributed by atoms with Crippen LogP contribution in [0.15, 0.2) is 23.3 Å². The summed E-state index contributed by atoms with van der Waals surface area (Å²) in [6.07, 6.45) is 1.32. The summed E-state index contributed by atoms with van der Waals surface area (Å²) < 4.78 is 5.41. The summed E-state index contributed by atoms with van der Waals surface area (Å²) in [5.74, 6) is -0.425. The molecular weight excluding hydrogens is 282 g/mol. The molecule has 2 heterocycles. The van der Waals surface area contributed by atoms with Crippen LogP contribution in [-0.2, 0) is 22.6 Å². The minimum atomic E-state index is -0.238. The Morgan fingerprint density at radius 3 is 3.14 bits per heavy atom. The van der Waals surface area contributed by atoms with E-state index in [1.54, 1.807) is 0 Å². The fraction of sp³-hybridized carbons (Fsp3) is 0.438. The third-order valence-electron chi connectivity index (χ3n) is 4.15. The number of carbonyl (C=O) groups is 2. The van der Waals surface area contributed by atoms with Crippen molar-refractivity contribution in [3.8, 4) is 0 Å². The second-order valence-electron chi connectivity index (χ2n) is 5.57. The maximum Gasteiger partial charge on any atom is 0.251 e. The minimum absolute atomic E-state index is 0.0910. The third-order valence-corrected chi connectivity index (χ3v) is 4.15. The topological polar surface area (TPSA) is 79.8 Å². The molecule has 0 saturated carbocycles. The van der Waals surface area contributed by atoms with E-state index in [0.717, 1.165) is 23.3 Å². The lowest BCUT2D eigenvalue weighted by atomic mass is 9.96. The highest BCUT2D eigenvalue weighted by Gasteiger charge is 2.26. The molecule has 1 aromatic carbocycles. The van der Waals surface area contributed by atoms with Crippen LogP contribution in [0.4, 0.5) is 0 Å². The van der Waals surface area contributed by atoms with E-state index in [2.05, 4.69) is 15.8 Å². The molecule has 0 aromatic heterocycles. The first-order chi connectivity index (χ1) is 10.7. The van der Waals surface area contributed by atoms with Crippen LogP contribution in [0, 0.1) is 5.92 Å². The van der Waals surface area contributed by atoms with Crippen LogP contribution in [0.1, 0.15) is 34.8 Å². The molecule has 1 aromatic rings. The molecule has 0 aliphatic carbocycles. The highest BCUT2D eigenvalue weighted by Crippen LogP contribution is 2.21. The van der Waals surface area contributed by atoms with Crippen LogP contribution < -0.4 is 10.7 Å². The van der Waals surface area contributed by atoms with Crippen LogP contribution in [0.25, 0.3) is 0 Å². The van der Waals surface area contributed by atoms with Crippen molar-refractivity contribution in [2.24, 2.45) is 11.0 Å². The molecule has 0 bridgehead atoms. The van der Waals surface area contributed by atoms with E-state index in [-0.39, 0.29) is 17.7 Å². The molecule has 22 heavy (non-hydrogen) atoms. The van der Waals surface area contributed by atoms with Gasteiger partial charge in [0.25, 0.3) is 5.91 Å². The lowest BCUT2D eigenvalue weighted by Crippen LogP contribution is -2.31. The molecule has 2 amide bonds. The largest absolute Gasteiger partial charge is 0.376 e. The standard InChI is InChI=1S/C16H19N3O3/c1-10-12(16(21)19-18-10)5-7-17-15(20)14-4-2-3-11-9-22-8-6-13(11)14/h2-4,12H,5-9H2,1H3,(H,17,20)(H,19,21). The number of ether oxygens (including phenoxy) is 1. The van der Waals surface area contributed by atoms with Gasteiger partial charge in [-0.3, -0.25) is 9.59 Å². The van der Waals surface area contributed by atoms with Gasteiger partial charge in [0.1, 0.15) is 0 Å². The number of nitrogens with one attached hydrogen (secondary N) is 2. The van der Waals surface area contributed by atoms with Gasteiger partial charge in [0.05, 0.1) is 19.1 Å². The van der Waals surface area contributed by atoms with E-state index in [4.69, 9.17) is 4.74 Å². The highest BCUT2D eigenvalue weighted by atomic mass is 16.5. The van der Waals surface area contributed by atoms with Crippen LogP contribution >= 0.6 is 0 Å². The molecule has 3 rings (SSSR count). The second kappa shape index (κ2) is 6.27. The molecule has 6 nitrogen and oxygen atoms in total. The fourth-order valence-electron chi connectivity index (χ4n) is 2.89. The maximum atomic E-state index is 12.4. The highest BCUT2D eigenvalue weighted by molar-refractivity contribution is 6.06. The van der Waals surface area contributed by atoms with E-state index >= 15 is 0 Å². The zero-order chi connectivity index (χ0) is 15.5. The number of hydrazone groups is 1. The molecule has 2 N–H and O–H groups in total. The number of hydrogen-bond acceptors (Lipinski definition) is 4. The number of nitrogens with zero attached hydrogens (tertiary/aromatic N) is 1. The normalized spacial score (nSPS) is 20.1. The molecule has 0 saturated heterocycles. The van der Waals surface area contributed by atoms with Crippen molar-refractivity contribution in [3.63, 3.8) is 0 Å². The summed E-state index contributed by atoms with van der Waals surface area (Å²) in [5, 5.41) is 6.81. The van der Waals surface area contributed by atoms with Gasteiger partial charge in [-0.2, -0.15) is 5.10 Å². The molecule has 1 unspecified atom stereocenters. The number of benzene rings is 1. The Hall–Kier alpha value is -2.21. The number of hydrogen-bond donors (Lipinski definition) is 2. The van der Waals surface area contributed by atoms with Crippen LogP contribution in [0.5, 0.6) is 0 Å². The summed E-state index contributed by atoms with van der Waals surface area (Å²) in [7, 11) is 0. The van der Waals surface area contributed by atoms with E-state index < -0.39 is 0 Å². The number of rotatable bonds is 4. The van der Waals surface area contributed by atoms with E-state index in [1.165, 1.54) is 0 Å². The predicted octanol–water partition coefficient (Wildman–Crippen LogP) is 1.00. The van der Waals surface area contributed by atoms with Crippen molar-refractivity contribution in [3.05, 3.63) is 34.9 Å². The SMILES string of the molecule is CC1=NNC(=O)C1CCNC(=O)c1cccc2c1CCOC2. The van der Waals surface area contributed by atoms with Gasteiger partial charge in [-0.15, -0.1) is 0 Å². The molecule has 6 heteroatoms. The van der Waals surface area contributed by atoms with Gasteiger partial charge in [-0.05, 0) is 37.0 Å². The van der Waals surface area contributed by atoms with Gasteiger partial charge >= 0.3 is 0 Å². The van der Waals surface area contributed by atoms with Gasteiger partial charge in [-0.1, -0.05) is 12.1 Å². The molecule has 1 atom stereocenters. The quantitative estimate of drug-likeness (QED) is 0.870. The lowest BCUT2D eigenvalue weighted by Gasteiger charge is -2.19. The van der Waals surface area contributed by atoms with Crippen LogP contribution in [0.2, 0.25) is 0 Å². The molecule has 116 valence electrons. The Morgan fingerprint density at radius 2 is 2.36 bits per heavy atom. The van der Waals surface area contributed by atoms with Crippen molar-refractivity contribution in [1.82, 2.24) is 10.7 Å². The molecular formula is C16H19N3O3. The van der Waals surface area contributed by atoms with Gasteiger partial charge in [0.2, 0.25) is 5.91 Å². The van der Waals surface area contributed by atoms with Gasteiger partial charge in [0.15, 0.2) is 0 Å². The monoisotopic (exact) mass is 301 g/mol. The van der Waals surface area contributed by atoms with Crippen molar-refractivity contribution in [2.45, 2.75) is 26.4 Å². The Kier molecular flexibility index (Phi) is 4.20. The van der Waals surface area contributed by atoms with Gasteiger partial charge < -0.3 is 10.1 Å². The maximum absolute atomic E-state index is 12.4. The number of fused-ring (bicyclic) bond motifs is 1. The first-order valence-corrected chi connectivity index (χ1v) is 7.47. The second-order valence-corrected chi connectivity index (χ2v) is 5.57. The van der Waals surface area contributed by atoms with Crippen molar-refractivity contribution in [1.29, 1.82) is 0 Å². The zero-order valence-corrected chi connectivity index (χ0v) is 12.5. The Bertz CT molecular complexity index is 640. The lowest BCUT2D eigenvalue weighted by molar-refractivity contribution is -0.122. The van der Waals surface area contributed by atoms with Gasteiger partial charge in [-0.25, -0.2) is 5.43 Å². The zero-order valence-electron chi connectivity index (χ0n) is 12.5. The summed E-state index contributed by atoms with van der Waals surface area (Å²) in [4.78, 5) is 23.9. The summed E-state index contributed by atoms with van der Waals surface area (Å²) in [6.45, 7) is 3.48.